The third kappa shape index (κ3) is 5.26. The highest BCUT2D eigenvalue weighted by Gasteiger charge is 2.07. The lowest BCUT2D eigenvalue weighted by atomic mass is 10.1. The molecule has 0 saturated carbocycles. The Morgan fingerprint density at radius 2 is 1.50 bits per heavy atom. The van der Waals surface area contributed by atoms with Gasteiger partial charge in [0.15, 0.2) is 12.4 Å². The number of esters is 1. The van der Waals surface area contributed by atoms with Gasteiger partial charge < -0.3 is 21.7 Å². The fourth-order valence-corrected chi connectivity index (χ4v) is 1.78. The lowest BCUT2D eigenvalue weighted by Gasteiger charge is -1.97. The summed E-state index contributed by atoms with van der Waals surface area (Å²) >= 11 is 0. The molecule has 0 aliphatic carbocycles. The summed E-state index contributed by atoms with van der Waals surface area (Å²) in [6.07, 6.45) is 8.41. The van der Waals surface area contributed by atoms with Gasteiger partial charge in [0.1, 0.15) is 6.29 Å². The van der Waals surface area contributed by atoms with Gasteiger partial charge in [-0.05, 0) is 11.1 Å². The summed E-state index contributed by atoms with van der Waals surface area (Å²) in [5.74, 6) is -0.279. The molecule has 0 radical (unpaired) electrons. The van der Waals surface area contributed by atoms with Gasteiger partial charge >= 0.3 is 5.97 Å². The fourth-order valence-electron chi connectivity index (χ4n) is 1.78. The molecule has 5 heteroatoms. The number of carbonyl (C=O) groups is 2. The average molecular weight is 362 g/mol. The van der Waals surface area contributed by atoms with Crippen LogP contribution in [0.3, 0.4) is 0 Å². The topological polar surface area (TPSA) is 47.2 Å². The van der Waals surface area contributed by atoms with E-state index in [1.165, 1.54) is 7.11 Å². The molecule has 2 aromatic rings. The Kier molecular flexibility index (Phi) is 7.19. The van der Waals surface area contributed by atoms with Gasteiger partial charge in [-0.3, -0.25) is 4.79 Å². The first kappa shape index (κ1) is 17.8. The van der Waals surface area contributed by atoms with Crippen LogP contribution in [0.15, 0.2) is 48.8 Å². The van der Waals surface area contributed by atoms with Gasteiger partial charge in [0.2, 0.25) is 6.54 Å². The smallest absolute Gasteiger partial charge is 0.372 e. The molecule has 0 aliphatic rings. The zero-order chi connectivity index (χ0) is 15.1. The number of aldehydes is 1. The number of halogens is 1. The molecule has 1 aromatic heterocycles. The van der Waals surface area contributed by atoms with Gasteiger partial charge in [-0.2, -0.15) is 4.57 Å². The average Bonchev–Trinajstić information content (AvgIpc) is 2.54. The lowest BCUT2D eigenvalue weighted by molar-refractivity contribution is -0.685. The number of aromatic nitrogens is 1. The van der Waals surface area contributed by atoms with E-state index in [2.05, 4.69) is 4.74 Å². The fraction of sp³-hybridized carbons (Fsp3) is 0.118. The summed E-state index contributed by atoms with van der Waals surface area (Å²) in [5, 5.41) is 0. The van der Waals surface area contributed by atoms with Crippen LogP contribution in [0.4, 0.5) is 0 Å². The van der Waals surface area contributed by atoms with Crippen LogP contribution in [0.5, 0.6) is 0 Å². The largest absolute Gasteiger partial charge is 1.00 e. The number of nitrogens with zero attached hydrogens (tertiary/aromatic N) is 1. The summed E-state index contributed by atoms with van der Waals surface area (Å²) in [7, 11) is 1.37. The molecule has 4 nitrogen and oxygen atoms in total. The Morgan fingerprint density at radius 3 is 2.00 bits per heavy atom. The van der Waals surface area contributed by atoms with E-state index < -0.39 is 0 Å². The van der Waals surface area contributed by atoms with E-state index in [9.17, 15) is 9.59 Å². The maximum Gasteiger partial charge on any atom is 0.372 e. The van der Waals surface area contributed by atoms with Crippen molar-refractivity contribution in [3.63, 3.8) is 0 Å². The minimum Gasteiger partial charge on any atom is -1.00 e. The van der Waals surface area contributed by atoms with Crippen molar-refractivity contribution in [2.75, 3.05) is 7.11 Å². The van der Waals surface area contributed by atoms with Crippen molar-refractivity contribution in [2.24, 2.45) is 0 Å². The van der Waals surface area contributed by atoms with Crippen molar-refractivity contribution < 1.29 is 35.9 Å². The van der Waals surface area contributed by atoms with Crippen molar-refractivity contribution in [3.05, 3.63) is 65.5 Å². The molecule has 0 saturated heterocycles. The van der Waals surface area contributed by atoms with Crippen molar-refractivity contribution in [1.29, 1.82) is 0 Å². The van der Waals surface area contributed by atoms with Crippen LogP contribution in [-0.2, 0) is 16.1 Å². The number of hydrogen-bond donors (Lipinski definition) is 0. The van der Waals surface area contributed by atoms with Crippen LogP contribution < -0.4 is 21.5 Å². The number of rotatable bonds is 5. The molecule has 0 N–H and O–H groups in total. The van der Waals surface area contributed by atoms with E-state index in [1.807, 2.05) is 48.8 Å². The van der Waals surface area contributed by atoms with Crippen molar-refractivity contribution in [3.8, 4) is 0 Å². The number of pyridine rings is 1. The minimum atomic E-state index is -0.279. The second kappa shape index (κ2) is 8.89. The van der Waals surface area contributed by atoms with Gasteiger partial charge in [-0.15, -0.1) is 0 Å². The van der Waals surface area contributed by atoms with E-state index >= 15 is 0 Å². The van der Waals surface area contributed by atoms with E-state index in [0.29, 0.717) is 5.56 Å². The Balaban J connectivity index is 0.00000242. The summed E-state index contributed by atoms with van der Waals surface area (Å²) in [5.41, 5.74) is 2.71. The Hall–Kier alpha value is -2.27. The molecule has 0 amide bonds. The Morgan fingerprint density at radius 1 is 1.00 bits per heavy atom. The second-order valence-corrected chi connectivity index (χ2v) is 4.50. The highest BCUT2D eigenvalue weighted by atomic mass is 79.9. The molecule has 0 unspecified atom stereocenters. The van der Waals surface area contributed by atoms with Gasteiger partial charge in [-0.25, -0.2) is 4.79 Å². The molecule has 0 aliphatic heterocycles. The highest BCUT2D eigenvalue weighted by Crippen LogP contribution is 2.08. The minimum absolute atomic E-state index is 0. The van der Waals surface area contributed by atoms with Crippen LogP contribution in [0.1, 0.15) is 21.5 Å². The molecule has 1 heterocycles. The third-order valence-corrected chi connectivity index (χ3v) is 3.00. The van der Waals surface area contributed by atoms with Crippen LogP contribution in [-0.4, -0.2) is 19.4 Å². The van der Waals surface area contributed by atoms with Crippen LogP contribution in [0.25, 0.3) is 12.2 Å². The monoisotopic (exact) mass is 361 g/mol. The molecule has 1 aromatic carbocycles. The SMILES string of the molecule is COC(=O)C[n+]1ccc(/C=C/c2ccc(C=O)cc2)cc1.[Br-]. The zero-order valence-electron chi connectivity index (χ0n) is 12.1. The molecular weight excluding hydrogens is 346 g/mol. The molecule has 0 atom stereocenters. The normalized spacial score (nSPS) is 10.0. The number of methoxy groups -OCH3 is 1. The maximum absolute atomic E-state index is 11.1. The highest BCUT2D eigenvalue weighted by molar-refractivity contribution is 5.76. The van der Waals surface area contributed by atoms with Crippen molar-refractivity contribution in [2.45, 2.75) is 6.54 Å². The van der Waals surface area contributed by atoms with Crippen molar-refractivity contribution >= 4 is 24.4 Å². The predicted octanol–water partition coefficient (Wildman–Crippen LogP) is -0.866. The molecule has 114 valence electrons. The third-order valence-electron chi connectivity index (χ3n) is 3.00. The van der Waals surface area contributed by atoms with Gasteiger partial charge in [0.05, 0.1) is 7.11 Å². The number of benzene rings is 1. The number of carbonyl (C=O) groups excluding carboxylic acids is 2. The lowest BCUT2D eigenvalue weighted by Crippen LogP contribution is -3.00. The van der Waals surface area contributed by atoms with Gasteiger partial charge in [0, 0.05) is 17.7 Å². The van der Waals surface area contributed by atoms with Crippen molar-refractivity contribution in [1.82, 2.24) is 0 Å². The molecule has 0 fully saturated rings. The summed E-state index contributed by atoms with van der Waals surface area (Å²) in [6, 6.07) is 11.2. The summed E-state index contributed by atoms with van der Waals surface area (Å²) in [6.45, 7) is 0.202. The summed E-state index contributed by atoms with van der Waals surface area (Å²) in [4.78, 5) is 21.7. The molecule has 0 bridgehead atoms. The maximum atomic E-state index is 11.1. The molecule has 22 heavy (non-hydrogen) atoms. The van der Waals surface area contributed by atoms with Gasteiger partial charge in [0.25, 0.3) is 0 Å². The molecule has 0 spiro atoms. The number of ether oxygens (including phenoxy) is 1. The molecular formula is C17H16BrNO3. The molecule has 2 rings (SSSR count). The van der Waals surface area contributed by atoms with Crippen LogP contribution in [0.2, 0.25) is 0 Å². The Labute approximate surface area is 139 Å². The van der Waals surface area contributed by atoms with E-state index in [1.54, 1.807) is 16.7 Å². The quantitative estimate of drug-likeness (QED) is 0.395. The van der Waals surface area contributed by atoms with E-state index in [4.69, 9.17) is 0 Å². The summed E-state index contributed by atoms with van der Waals surface area (Å²) < 4.78 is 6.36. The first-order valence-electron chi connectivity index (χ1n) is 6.50. The second-order valence-electron chi connectivity index (χ2n) is 4.50. The Bertz CT molecular complexity index is 649. The van der Waals surface area contributed by atoms with Crippen LogP contribution in [0, 0.1) is 0 Å². The van der Waals surface area contributed by atoms with Crippen LogP contribution >= 0.6 is 0 Å². The first-order valence-corrected chi connectivity index (χ1v) is 6.50. The first-order chi connectivity index (χ1) is 10.2. The predicted molar refractivity (Wildman–Crippen MR) is 79.4 cm³/mol. The number of hydrogen-bond acceptors (Lipinski definition) is 3. The van der Waals surface area contributed by atoms with E-state index in [0.717, 1.165) is 17.4 Å². The standard InChI is InChI=1S/C17H16NO3.BrH/c1-21-17(20)12-18-10-8-15(9-11-18)3-2-14-4-6-16(13-19)7-5-14;/h2-11,13H,12H2,1H3;1H/q+1;/p-1/b3-2+;. The van der Waals surface area contributed by atoms with E-state index in [-0.39, 0.29) is 29.5 Å². The van der Waals surface area contributed by atoms with Gasteiger partial charge in [-0.1, -0.05) is 36.4 Å². The zero-order valence-corrected chi connectivity index (χ0v) is 13.7.